The molecule has 2 rings (SSSR count). The van der Waals surface area contributed by atoms with Crippen LogP contribution in [0.1, 0.15) is 23.7 Å². The minimum absolute atomic E-state index is 0. The van der Waals surface area contributed by atoms with E-state index in [-0.39, 0.29) is 30.8 Å². The molecule has 0 fully saturated rings. The van der Waals surface area contributed by atoms with E-state index in [1.165, 1.54) is 0 Å². The van der Waals surface area contributed by atoms with Crippen molar-refractivity contribution in [2.24, 2.45) is 5.73 Å². The van der Waals surface area contributed by atoms with E-state index in [0.29, 0.717) is 36.7 Å². The fourth-order valence-electron chi connectivity index (χ4n) is 2.26. The highest BCUT2D eigenvalue weighted by atomic mass is 35.5. The Labute approximate surface area is 171 Å². The van der Waals surface area contributed by atoms with E-state index in [4.69, 9.17) is 15.2 Å². The van der Waals surface area contributed by atoms with Gasteiger partial charge < -0.3 is 25.8 Å². The maximum atomic E-state index is 12.2. The van der Waals surface area contributed by atoms with Crippen LogP contribution in [-0.2, 0) is 4.79 Å². The number of benzene rings is 2. The number of hydrogen-bond donors (Lipinski definition) is 3. The first-order valence-electron chi connectivity index (χ1n) is 8.87. The maximum absolute atomic E-state index is 12.2. The molecule has 0 saturated carbocycles. The molecule has 7 nitrogen and oxygen atoms in total. The molecule has 0 radical (unpaired) electrons. The lowest BCUT2D eigenvalue weighted by Crippen LogP contribution is -2.30. The number of ether oxygens (including phenoxy) is 2. The van der Waals surface area contributed by atoms with Crippen LogP contribution in [0.2, 0.25) is 0 Å². The van der Waals surface area contributed by atoms with Crippen LogP contribution in [0, 0.1) is 0 Å². The molecule has 0 atom stereocenters. The second-order valence-corrected chi connectivity index (χ2v) is 5.75. The summed E-state index contributed by atoms with van der Waals surface area (Å²) in [5, 5.41) is 5.38. The van der Waals surface area contributed by atoms with Crippen molar-refractivity contribution in [1.82, 2.24) is 5.32 Å². The van der Waals surface area contributed by atoms with Crippen molar-refractivity contribution in [2.45, 2.75) is 13.3 Å². The highest BCUT2D eigenvalue weighted by Gasteiger charge is 2.13. The van der Waals surface area contributed by atoms with Crippen molar-refractivity contribution < 1.29 is 19.1 Å². The summed E-state index contributed by atoms with van der Waals surface area (Å²) in [6, 6.07) is 13.8. The topological polar surface area (TPSA) is 103 Å². The van der Waals surface area contributed by atoms with Gasteiger partial charge in [0.2, 0.25) is 0 Å². The first kappa shape index (κ1) is 23.3. The van der Waals surface area contributed by atoms with Crippen LogP contribution in [0.15, 0.2) is 48.5 Å². The number of anilines is 1. The van der Waals surface area contributed by atoms with Gasteiger partial charge in [0, 0.05) is 13.1 Å². The Kier molecular flexibility index (Phi) is 10.5. The maximum Gasteiger partial charge on any atom is 0.262 e. The van der Waals surface area contributed by atoms with Gasteiger partial charge in [-0.1, -0.05) is 19.1 Å². The zero-order valence-corrected chi connectivity index (χ0v) is 16.6. The summed E-state index contributed by atoms with van der Waals surface area (Å²) in [5.41, 5.74) is 6.19. The van der Waals surface area contributed by atoms with Crippen molar-refractivity contribution in [1.29, 1.82) is 0 Å². The third-order valence-corrected chi connectivity index (χ3v) is 3.54. The van der Waals surface area contributed by atoms with E-state index in [1.54, 1.807) is 48.5 Å². The van der Waals surface area contributed by atoms with Gasteiger partial charge in [-0.05, 0) is 42.8 Å². The lowest BCUT2D eigenvalue weighted by Gasteiger charge is -2.12. The third-order valence-electron chi connectivity index (χ3n) is 3.54. The molecular formula is C20H26ClN3O4. The van der Waals surface area contributed by atoms with E-state index >= 15 is 0 Å². The molecule has 0 aliphatic carbocycles. The molecule has 0 saturated heterocycles. The summed E-state index contributed by atoms with van der Waals surface area (Å²) >= 11 is 0. The average Bonchev–Trinajstić information content (AvgIpc) is 2.70. The van der Waals surface area contributed by atoms with E-state index in [9.17, 15) is 9.59 Å². The van der Waals surface area contributed by atoms with Gasteiger partial charge in [0.1, 0.15) is 11.5 Å². The van der Waals surface area contributed by atoms with Crippen LogP contribution in [0.3, 0.4) is 0 Å². The van der Waals surface area contributed by atoms with E-state index in [2.05, 4.69) is 10.6 Å². The number of para-hydroxylation sites is 1. The predicted molar refractivity (Wildman–Crippen MR) is 111 cm³/mol. The number of nitrogens with two attached hydrogens (primary N) is 1. The number of nitrogens with one attached hydrogen (secondary N) is 2. The second kappa shape index (κ2) is 12.6. The van der Waals surface area contributed by atoms with Gasteiger partial charge in [-0.25, -0.2) is 0 Å². The second-order valence-electron chi connectivity index (χ2n) is 5.75. The number of hydrogen-bond acceptors (Lipinski definition) is 5. The first-order valence-corrected chi connectivity index (χ1v) is 8.87. The molecule has 0 aliphatic rings. The summed E-state index contributed by atoms with van der Waals surface area (Å²) in [6.07, 6.45) is 0.935. The molecule has 0 spiro atoms. The van der Waals surface area contributed by atoms with Gasteiger partial charge in [-0.15, -0.1) is 12.4 Å². The number of amides is 2. The van der Waals surface area contributed by atoms with Crippen molar-refractivity contribution in [3.05, 3.63) is 54.1 Å². The summed E-state index contributed by atoms with van der Waals surface area (Å²) < 4.78 is 11.0. The molecule has 0 heterocycles. The standard InChI is InChI=1S/C20H25N3O4.ClH/c1-2-13-26-15-7-9-16(10-8-15)27-14-19(24)23-18-6-4-3-5-17(18)20(25)22-12-11-21;/h3-10H,2,11-14,21H2,1H3,(H,22,25)(H,23,24);1H. The van der Waals surface area contributed by atoms with Gasteiger partial charge in [0.05, 0.1) is 17.9 Å². The molecule has 0 bridgehead atoms. The van der Waals surface area contributed by atoms with Gasteiger partial charge in [-0.3, -0.25) is 9.59 Å². The van der Waals surface area contributed by atoms with E-state index < -0.39 is 0 Å². The molecule has 2 aromatic carbocycles. The lowest BCUT2D eigenvalue weighted by molar-refractivity contribution is -0.118. The lowest BCUT2D eigenvalue weighted by atomic mass is 10.1. The van der Waals surface area contributed by atoms with Gasteiger partial charge in [-0.2, -0.15) is 0 Å². The molecular weight excluding hydrogens is 382 g/mol. The zero-order chi connectivity index (χ0) is 19.5. The molecule has 8 heteroatoms. The Balaban J connectivity index is 0.00000392. The van der Waals surface area contributed by atoms with Crippen LogP contribution in [0.4, 0.5) is 5.69 Å². The van der Waals surface area contributed by atoms with Crippen molar-refractivity contribution in [3.8, 4) is 11.5 Å². The Morgan fingerprint density at radius 3 is 2.29 bits per heavy atom. The molecule has 0 aliphatic heterocycles. The van der Waals surface area contributed by atoms with Crippen molar-refractivity contribution in [2.75, 3.05) is 31.6 Å². The molecule has 0 aromatic heterocycles. The van der Waals surface area contributed by atoms with Crippen LogP contribution >= 0.6 is 12.4 Å². The summed E-state index contributed by atoms with van der Waals surface area (Å²) in [4.78, 5) is 24.3. The van der Waals surface area contributed by atoms with Crippen LogP contribution in [0.5, 0.6) is 11.5 Å². The fraction of sp³-hybridized carbons (Fsp3) is 0.300. The molecule has 28 heavy (non-hydrogen) atoms. The minimum atomic E-state index is -0.361. The summed E-state index contributed by atoms with van der Waals surface area (Å²) in [7, 11) is 0. The molecule has 4 N–H and O–H groups in total. The normalized spacial score (nSPS) is 9.79. The zero-order valence-electron chi connectivity index (χ0n) is 15.8. The first-order chi connectivity index (χ1) is 13.1. The summed E-state index contributed by atoms with van der Waals surface area (Å²) in [6.45, 7) is 3.23. The largest absolute Gasteiger partial charge is 0.494 e. The number of carbonyl (C=O) groups excluding carboxylic acids is 2. The molecule has 152 valence electrons. The monoisotopic (exact) mass is 407 g/mol. The predicted octanol–water partition coefficient (Wildman–Crippen LogP) is 2.60. The Morgan fingerprint density at radius 2 is 1.64 bits per heavy atom. The molecule has 2 aromatic rings. The highest BCUT2D eigenvalue weighted by Crippen LogP contribution is 2.18. The SMILES string of the molecule is CCCOc1ccc(OCC(=O)Nc2ccccc2C(=O)NCCN)cc1.Cl. The Hall–Kier alpha value is -2.77. The number of rotatable bonds is 10. The third kappa shape index (κ3) is 7.46. The minimum Gasteiger partial charge on any atom is -0.494 e. The van der Waals surface area contributed by atoms with E-state index in [1.807, 2.05) is 6.92 Å². The average molecular weight is 408 g/mol. The fourth-order valence-corrected chi connectivity index (χ4v) is 2.26. The Bertz CT molecular complexity index is 753. The van der Waals surface area contributed by atoms with Crippen LogP contribution in [-0.4, -0.2) is 38.1 Å². The Morgan fingerprint density at radius 1 is 1.00 bits per heavy atom. The van der Waals surface area contributed by atoms with Crippen LogP contribution in [0.25, 0.3) is 0 Å². The van der Waals surface area contributed by atoms with Gasteiger partial charge in [0.15, 0.2) is 6.61 Å². The smallest absolute Gasteiger partial charge is 0.262 e. The van der Waals surface area contributed by atoms with Crippen LogP contribution < -0.4 is 25.8 Å². The van der Waals surface area contributed by atoms with E-state index in [0.717, 1.165) is 12.2 Å². The van der Waals surface area contributed by atoms with Gasteiger partial charge >= 0.3 is 0 Å². The summed E-state index contributed by atoms with van der Waals surface area (Å²) in [5.74, 6) is 0.661. The highest BCUT2D eigenvalue weighted by molar-refractivity contribution is 6.04. The van der Waals surface area contributed by atoms with Crippen molar-refractivity contribution >= 4 is 29.9 Å². The number of halogens is 1. The molecule has 2 amide bonds. The van der Waals surface area contributed by atoms with Gasteiger partial charge in [0.25, 0.3) is 11.8 Å². The number of carbonyl (C=O) groups is 2. The molecule has 0 unspecified atom stereocenters. The van der Waals surface area contributed by atoms with Crippen molar-refractivity contribution in [3.63, 3.8) is 0 Å². The quantitative estimate of drug-likeness (QED) is 0.561.